The summed E-state index contributed by atoms with van der Waals surface area (Å²) in [5, 5.41) is 0. The molecule has 0 saturated carbocycles. The van der Waals surface area contributed by atoms with E-state index >= 15 is 0 Å². The third-order valence-electron chi connectivity index (χ3n) is 3.45. The Labute approximate surface area is 143 Å². The van der Waals surface area contributed by atoms with Crippen molar-refractivity contribution in [2.24, 2.45) is 0 Å². The molecule has 24 heavy (non-hydrogen) atoms. The van der Waals surface area contributed by atoms with Crippen LogP contribution in [-0.2, 0) is 11.3 Å². The predicted molar refractivity (Wildman–Crippen MR) is 90.0 cm³/mol. The molecule has 126 valence electrons. The van der Waals surface area contributed by atoms with Crippen LogP contribution < -0.4 is 0 Å². The molecule has 1 amide bonds. The summed E-state index contributed by atoms with van der Waals surface area (Å²) in [7, 11) is 1.64. The van der Waals surface area contributed by atoms with Gasteiger partial charge in [-0.15, -0.1) is 11.8 Å². The van der Waals surface area contributed by atoms with E-state index in [9.17, 15) is 18.4 Å². The Hall–Kier alpha value is -2.21. The fourth-order valence-electron chi connectivity index (χ4n) is 2.04. The average molecular weight is 349 g/mol. The minimum Gasteiger partial charge on any atom is -0.341 e. The van der Waals surface area contributed by atoms with Crippen LogP contribution in [0.15, 0.2) is 47.4 Å². The van der Waals surface area contributed by atoms with Gasteiger partial charge in [0.1, 0.15) is 11.6 Å². The highest BCUT2D eigenvalue weighted by Gasteiger charge is 2.13. The first-order chi connectivity index (χ1) is 11.4. The lowest BCUT2D eigenvalue weighted by molar-refractivity contribution is -0.127. The number of carbonyl (C=O) groups excluding carboxylic acids is 2. The largest absolute Gasteiger partial charge is 0.341 e. The lowest BCUT2D eigenvalue weighted by atomic mass is 10.1. The lowest BCUT2D eigenvalue weighted by Crippen LogP contribution is -2.27. The minimum atomic E-state index is -0.512. The van der Waals surface area contributed by atoms with Crippen LogP contribution in [0.3, 0.4) is 0 Å². The summed E-state index contributed by atoms with van der Waals surface area (Å²) < 4.78 is 26.8. The molecule has 0 aromatic heterocycles. The molecule has 0 aliphatic carbocycles. The zero-order valence-corrected chi connectivity index (χ0v) is 14.2. The van der Waals surface area contributed by atoms with Crippen molar-refractivity contribution in [2.75, 3.05) is 12.8 Å². The third kappa shape index (κ3) is 4.89. The number of halogens is 2. The monoisotopic (exact) mass is 349 g/mol. The molecular weight excluding hydrogens is 332 g/mol. The van der Waals surface area contributed by atoms with Gasteiger partial charge in [-0.05, 0) is 36.8 Å². The average Bonchev–Trinajstić information content (AvgIpc) is 2.55. The maximum atomic E-state index is 13.9. The summed E-state index contributed by atoms with van der Waals surface area (Å²) in [5.41, 5.74) is 1.12. The standard InChI is InChI=1S/C18H17F2NO2S/c1-12(22)14-5-8-17(16(20)9-14)24-11-18(23)21(2)10-13-3-6-15(19)7-4-13/h3-9H,10-11H2,1-2H3. The molecular formula is C18H17F2NO2S. The second-order valence-electron chi connectivity index (χ2n) is 5.37. The molecule has 0 N–H and O–H groups in total. The Bertz CT molecular complexity index is 747. The Kier molecular flexibility index (Phi) is 6.09. The molecule has 2 aromatic rings. The normalized spacial score (nSPS) is 10.5. The highest BCUT2D eigenvalue weighted by Crippen LogP contribution is 2.23. The van der Waals surface area contributed by atoms with Gasteiger partial charge in [0.15, 0.2) is 5.78 Å². The Morgan fingerprint density at radius 1 is 1.08 bits per heavy atom. The van der Waals surface area contributed by atoms with Crippen molar-refractivity contribution in [3.63, 3.8) is 0 Å². The minimum absolute atomic E-state index is 0.0774. The number of nitrogens with zero attached hydrogens (tertiary/aromatic N) is 1. The molecule has 0 heterocycles. The van der Waals surface area contributed by atoms with Crippen molar-refractivity contribution in [1.29, 1.82) is 0 Å². The molecule has 0 atom stereocenters. The van der Waals surface area contributed by atoms with Gasteiger partial charge in [0.2, 0.25) is 5.91 Å². The number of carbonyl (C=O) groups is 2. The highest BCUT2D eigenvalue weighted by molar-refractivity contribution is 8.00. The Morgan fingerprint density at radius 2 is 1.75 bits per heavy atom. The molecule has 0 aliphatic rings. The van der Waals surface area contributed by atoms with Gasteiger partial charge in [0.05, 0.1) is 5.75 Å². The molecule has 6 heteroatoms. The van der Waals surface area contributed by atoms with Crippen LogP contribution in [-0.4, -0.2) is 29.4 Å². The van der Waals surface area contributed by atoms with Crippen molar-refractivity contribution < 1.29 is 18.4 Å². The topological polar surface area (TPSA) is 37.4 Å². The quantitative estimate of drug-likeness (QED) is 0.586. The van der Waals surface area contributed by atoms with E-state index in [0.717, 1.165) is 17.3 Å². The van der Waals surface area contributed by atoms with E-state index in [1.807, 2.05) is 0 Å². The molecule has 3 nitrogen and oxygen atoms in total. The van der Waals surface area contributed by atoms with Crippen LogP contribution >= 0.6 is 11.8 Å². The van der Waals surface area contributed by atoms with E-state index in [1.54, 1.807) is 25.2 Å². The van der Waals surface area contributed by atoms with Crippen molar-refractivity contribution >= 4 is 23.5 Å². The molecule has 2 rings (SSSR count). The van der Waals surface area contributed by atoms with Crippen molar-refractivity contribution in [3.8, 4) is 0 Å². The molecule has 0 aliphatic heterocycles. The number of hydrogen-bond donors (Lipinski definition) is 0. The number of ketones is 1. The van der Waals surface area contributed by atoms with Crippen LogP contribution in [0.5, 0.6) is 0 Å². The number of Topliss-reactive ketones (excluding diaryl/α,β-unsaturated/α-hetero) is 1. The van der Waals surface area contributed by atoms with Crippen molar-refractivity contribution in [1.82, 2.24) is 4.90 Å². The number of thioether (sulfide) groups is 1. The first-order valence-corrected chi connectivity index (χ1v) is 8.27. The van der Waals surface area contributed by atoms with E-state index in [-0.39, 0.29) is 23.3 Å². The van der Waals surface area contributed by atoms with Gasteiger partial charge in [0, 0.05) is 24.1 Å². The molecule has 0 saturated heterocycles. The molecule has 0 unspecified atom stereocenters. The van der Waals surface area contributed by atoms with Gasteiger partial charge in [0.25, 0.3) is 0 Å². The van der Waals surface area contributed by atoms with E-state index in [4.69, 9.17) is 0 Å². The van der Waals surface area contributed by atoms with Crippen molar-refractivity contribution in [2.45, 2.75) is 18.4 Å². The van der Waals surface area contributed by atoms with Crippen LogP contribution in [0.1, 0.15) is 22.8 Å². The number of amides is 1. The predicted octanol–water partition coefficient (Wildman–Crippen LogP) is 3.92. The first-order valence-electron chi connectivity index (χ1n) is 7.28. The second-order valence-corrected chi connectivity index (χ2v) is 6.38. The van der Waals surface area contributed by atoms with Gasteiger partial charge >= 0.3 is 0 Å². The summed E-state index contributed by atoms with van der Waals surface area (Å²) in [5.74, 6) is -1.14. The SMILES string of the molecule is CC(=O)c1ccc(SCC(=O)N(C)Cc2ccc(F)cc2)c(F)c1. The summed E-state index contributed by atoms with van der Waals surface area (Å²) in [6.07, 6.45) is 0. The molecule has 0 fully saturated rings. The summed E-state index contributed by atoms with van der Waals surface area (Å²) in [6.45, 7) is 1.72. The summed E-state index contributed by atoms with van der Waals surface area (Å²) in [4.78, 5) is 25.2. The molecule has 0 radical (unpaired) electrons. The van der Waals surface area contributed by atoms with Crippen LogP contribution in [0.2, 0.25) is 0 Å². The zero-order valence-electron chi connectivity index (χ0n) is 13.4. The maximum Gasteiger partial charge on any atom is 0.232 e. The lowest BCUT2D eigenvalue weighted by Gasteiger charge is -2.17. The second kappa shape index (κ2) is 8.06. The highest BCUT2D eigenvalue weighted by atomic mass is 32.2. The molecule has 2 aromatic carbocycles. The Morgan fingerprint density at radius 3 is 2.33 bits per heavy atom. The fourth-order valence-corrected chi connectivity index (χ4v) is 2.90. The van der Waals surface area contributed by atoms with Crippen LogP contribution in [0.4, 0.5) is 8.78 Å². The van der Waals surface area contributed by atoms with E-state index in [0.29, 0.717) is 17.0 Å². The smallest absolute Gasteiger partial charge is 0.232 e. The number of benzene rings is 2. The van der Waals surface area contributed by atoms with Gasteiger partial charge in [-0.2, -0.15) is 0 Å². The van der Waals surface area contributed by atoms with E-state index in [1.165, 1.54) is 36.1 Å². The number of hydrogen-bond acceptors (Lipinski definition) is 3. The van der Waals surface area contributed by atoms with Gasteiger partial charge in [-0.25, -0.2) is 8.78 Å². The van der Waals surface area contributed by atoms with E-state index < -0.39 is 5.82 Å². The third-order valence-corrected chi connectivity index (χ3v) is 4.48. The Balaban J connectivity index is 1.92. The van der Waals surface area contributed by atoms with Crippen LogP contribution in [0, 0.1) is 11.6 Å². The van der Waals surface area contributed by atoms with Gasteiger partial charge in [-0.3, -0.25) is 9.59 Å². The van der Waals surface area contributed by atoms with Gasteiger partial charge < -0.3 is 4.90 Å². The molecule has 0 spiro atoms. The van der Waals surface area contributed by atoms with E-state index in [2.05, 4.69) is 0 Å². The summed E-state index contributed by atoms with van der Waals surface area (Å²) in [6, 6.07) is 10.1. The van der Waals surface area contributed by atoms with Crippen LogP contribution in [0.25, 0.3) is 0 Å². The first kappa shape index (κ1) is 18.1. The maximum absolute atomic E-state index is 13.9. The molecule has 0 bridgehead atoms. The zero-order chi connectivity index (χ0) is 17.7. The van der Waals surface area contributed by atoms with Crippen molar-refractivity contribution in [3.05, 3.63) is 65.2 Å². The summed E-state index contributed by atoms with van der Waals surface area (Å²) >= 11 is 1.08. The van der Waals surface area contributed by atoms with Gasteiger partial charge in [-0.1, -0.05) is 18.2 Å². The fraction of sp³-hybridized carbons (Fsp3) is 0.222. The number of rotatable bonds is 6.